The third-order valence-electron chi connectivity index (χ3n) is 5.51. The number of aromatic nitrogens is 1. The van der Waals surface area contributed by atoms with Crippen LogP contribution in [0.1, 0.15) is 24.0 Å². The van der Waals surface area contributed by atoms with E-state index >= 15 is 0 Å². The average Bonchev–Trinajstić information content (AvgIpc) is 3.17. The van der Waals surface area contributed by atoms with Gasteiger partial charge in [0.2, 0.25) is 11.8 Å². The minimum atomic E-state index is -0.583. The van der Waals surface area contributed by atoms with Crippen molar-refractivity contribution < 1.29 is 9.59 Å². The number of nitrogens with two attached hydrogens (primary N) is 1. The van der Waals surface area contributed by atoms with Crippen molar-refractivity contribution in [3.63, 3.8) is 0 Å². The molecule has 29 heavy (non-hydrogen) atoms. The molecule has 0 bridgehead atoms. The maximum Gasteiger partial charge on any atom is 0.243 e. The van der Waals surface area contributed by atoms with Crippen LogP contribution >= 0.6 is 0 Å². The maximum atomic E-state index is 13.1. The van der Waals surface area contributed by atoms with E-state index in [1.165, 1.54) is 0 Å². The van der Waals surface area contributed by atoms with Crippen LogP contribution in [0.15, 0.2) is 48.7 Å². The predicted molar refractivity (Wildman–Crippen MR) is 113 cm³/mol. The molecule has 2 aromatic rings. The lowest BCUT2D eigenvalue weighted by Gasteiger charge is -2.31. The summed E-state index contributed by atoms with van der Waals surface area (Å²) in [6, 6.07) is 12.6. The number of carbonyl (C=O) groups is 2. The van der Waals surface area contributed by atoms with Gasteiger partial charge in [0.1, 0.15) is 11.9 Å². The highest BCUT2D eigenvalue weighted by molar-refractivity contribution is 5.90. The van der Waals surface area contributed by atoms with E-state index in [1.807, 2.05) is 43.4 Å². The number of hydrogen-bond acceptors (Lipinski definition) is 5. The molecule has 1 fully saturated rings. The number of nitrogens with one attached hydrogen (secondary N) is 1. The van der Waals surface area contributed by atoms with Crippen LogP contribution in [-0.4, -0.2) is 59.3 Å². The molecular formula is C22H29N5O2. The van der Waals surface area contributed by atoms with Crippen LogP contribution in [0.4, 0.5) is 5.82 Å². The zero-order chi connectivity index (χ0) is 20.8. The molecule has 7 heteroatoms. The normalized spacial score (nSPS) is 17.7. The van der Waals surface area contributed by atoms with E-state index in [4.69, 9.17) is 5.73 Å². The Morgan fingerprint density at radius 3 is 2.62 bits per heavy atom. The Morgan fingerprint density at radius 1 is 1.24 bits per heavy atom. The molecule has 1 aliphatic rings. The lowest BCUT2D eigenvalue weighted by atomic mass is 10.0. The first-order valence-electron chi connectivity index (χ1n) is 9.94. The highest BCUT2D eigenvalue weighted by Crippen LogP contribution is 2.19. The van der Waals surface area contributed by atoms with Crippen LogP contribution in [0.5, 0.6) is 0 Å². The third kappa shape index (κ3) is 5.32. The number of benzene rings is 1. The van der Waals surface area contributed by atoms with Crippen LogP contribution in [0, 0.1) is 0 Å². The van der Waals surface area contributed by atoms with E-state index in [0.29, 0.717) is 18.8 Å². The number of likely N-dealkylation sites (tertiary alicyclic amines) is 1. The summed E-state index contributed by atoms with van der Waals surface area (Å²) in [4.78, 5) is 33.9. The molecule has 2 amide bonds. The molecule has 2 heterocycles. The van der Waals surface area contributed by atoms with Crippen LogP contribution in [-0.2, 0) is 22.6 Å². The van der Waals surface area contributed by atoms with Gasteiger partial charge in [-0.3, -0.25) is 14.5 Å². The van der Waals surface area contributed by atoms with Gasteiger partial charge >= 0.3 is 0 Å². The summed E-state index contributed by atoms with van der Waals surface area (Å²) in [5.41, 5.74) is 7.49. The number of nitrogen functional groups attached to an aromatic ring is 1. The Hall–Kier alpha value is -2.93. The van der Waals surface area contributed by atoms with Crippen molar-refractivity contribution in [3.05, 3.63) is 59.8 Å². The maximum absolute atomic E-state index is 13.1. The Labute approximate surface area is 171 Å². The molecule has 0 aliphatic carbocycles. The van der Waals surface area contributed by atoms with Gasteiger partial charge in [-0.1, -0.05) is 36.4 Å². The molecular weight excluding hydrogens is 366 g/mol. The van der Waals surface area contributed by atoms with Gasteiger partial charge in [0, 0.05) is 26.2 Å². The largest absolute Gasteiger partial charge is 0.384 e. The van der Waals surface area contributed by atoms with Crippen molar-refractivity contribution in [3.8, 4) is 0 Å². The fraction of sp³-hybridized carbons (Fsp3) is 0.409. The van der Waals surface area contributed by atoms with Crippen LogP contribution in [0.25, 0.3) is 0 Å². The molecule has 1 aliphatic heterocycles. The molecule has 7 nitrogen and oxygen atoms in total. The zero-order valence-electron chi connectivity index (χ0n) is 17.0. The molecule has 0 saturated carbocycles. The lowest BCUT2D eigenvalue weighted by Crippen LogP contribution is -2.53. The second kappa shape index (κ2) is 9.52. The van der Waals surface area contributed by atoms with Crippen LogP contribution in [0.3, 0.4) is 0 Å². The second-order valence-corrected chi connectivity index (χ2v) is 7.60. The van der Waals surface area contributed by atoms with Gasteiger partial charge in [-0.2, -0.15) is 0 Å². The van der Waals surface area contributed by atoms with Crippen molar-refractivity contribution >= 4 is 17.6 Å². The summed E-state index contributed by atoms with van der Waals surface area (Å²) in [7, 11) is 3.69. The molecule has 0 spiro atoms. The molecule has 1 aromatic carbocycles. The van der Waals surface area contributed by atoms with Gasteiger partial charge in [0.25, 0.3) is 0 Å². The number of rotatable bonds is 7. The summed E-state index contributed by atoms with van der Waals surface area (Å²) < 4.78 is 0. The monoisotopic (exact) mass is 395 g/mol. The van der Waals surface area contributed by atoms with Gasteiger partial charge < -0.3 is 16.0 Å². The Bertz CT molecular complexity index is 825. The van der Waals surface area contributed by atoms with Crippen molar-refractivity contribution in [2.45, 2.75) is 37.9 Å². The van der Waals surface area contributed by atoms with E-state index in [-0.39, 0.29) is 17.9 Å². The highest BCUT2D eigenvalue weighted by atomic mass is 16.2. The Morgan fingerprint density at radius 2 is 2.00 bits per heavy atom. The summed E-state index contributed by atoms with van der Waals surface area (Å²) in [6.45, 7) is 1.24. The molecule has 154 valence electrons. The summed E-state index contributed by atoms with van der Waals surface area (Å²) in [5.74, 6) is 0.255. The average molecular weight is 396 g/mol. The quantitative estimate of drug-likeness (QED) is 0.740. The Kier molecular flexibility index (Phi) is 6.82. The van der Waals surface area contributed by atoms with Crippen LogP contribution in [0.2, 0.25) is 0 Å². The molecule has 3 rings (SSSR count). The first kappa shape index (κ1) is 20.8. The first-order valence-corrected chi connectivity index (χ1v) is 9.94. The number of hydrogen-bond donors (Lipinski definition) is 2. The summed E-state index contributed by atoms with van der Waals surface area (Å²) >= 11 is 0. The predicted octanol–water partition coefficient (Wildman–Crippen LogP) is 1.44. The first-order chi connectivity index (χ1) is 14.0. The number of amides is 2. The third-order valence-corrected chi connectivity index (χ3v) is 5.51. The molecule has 1 aromatic heterocycles. The summed E-state index contributed by atoms with van der Waals surface area (Å²) in [5, 5.41) is 2.95. The van der Waals surface area contributed by atoms with Crippen molar-refractivity contribution in [2.24, 2.45) is 0 Å². The number of nitrogens with zero attached hydrogens (tertiary/aromatic N) is 3. The van der Waals surface area contributed by atoms with E-state index < -0.39 is 6.04 Å². The molecule has 2 atom stereocenters. The van der Waals surface area contributed by atoms with Crippen molar-refractivity contribution in [2.75, 3.05) is 26.4 Å². The number of pyridine rings is 1. The number of anilines is 1. The minimum Gasteiger partial charge on any atom is -0.384 e. The van der Waals surface area contributed by atoms with Crippen molar-refractivity contribution in [1.82, 2.24) is 20.1 Å². The summed E-state index contributed by atoms with van der Waals surface area (Å²) in [6.07, 6.45) is 3.94. The second-order valence-electron chi connectivity index (χ2n) is 7.60. The molecule has 3 N–H and O–H groups in total. The van der Waals surface area contributed by atoms with E-state index in [0.717, 1.165) is 30.5 Å². The van der Waals surface area contributed by atoms with Crippen molar-refractivity contribution in [1.29, 1.82) is 0 Å². The van der Waals surface area contributed by atoms with Crippen LogP contribution < -0.4 is 11.1 Å². The molecule has 1 saturated heterocycles. The SMILES string of the molecule is CN1CCC[C@@H]1C(=O)N(C)[C@@H](Cc1ccccc1)C(=O)NCc1ccc(N)nc1. The standard InChI is InChI=1S/C22H29N5O2/c1-26-12-6-9-18(26)22(29)27(2)19(13-16-7-4-3-5-8-16)21(28)25-15-17-10-11-20(23)24-14-17/h3-5,7-8,10-11,14,18-19H,6,9,12-13,15H2,1-2H3,(H2,23,24)(H,25,28)/t18-,19+/m1/s1. The van der Waals surface area contributed by atoms with Gasteiger partial charge in [0.15, 0.2) is 0 Å². The van der Waals surface area contributed by atoms with E-state index in [9.17, 15) is 9.59 Å². The minimum absolute atomic E-state index is 0.00441. The Balaban J connectivity index is 1.73. The lowest BCUT2D eigenvalue weighted by molar-refractivity contribution is -0.142. The number of carbonyl (C=O) groups excluding carboxylic acids is 2. The number of likely N-dealkylation sites (N-methyl/N-ethyl adjacent to an activating group) is 2. The zero-order valence-corrected chi connectivity index (χ0v) is 17.0. The van der Waals surface area contributed by atoms with E-state index in [2.05, 4.69) is 15.2 Å². The smallest absolute Gasteiger partial charge is 0.243 e. The molecule has 0 radical (unpaired) electrons. The molecule has 0 unspecified atom stereocenters. The highest BCUT2D eigenvalue weighted by Gasteiger charge is 2.35. The topological polar surface area (TPSA) is 91.6 Å². The van der Waals surface area contributed by atoms with Gasteiger partial charge in [-0.15, -0.1) is 0 Å². The fourth-order valence-corrected chi connectivity index (χ4v) is 3.70. The van der Waals surface area contributed by atoms with Gasteiger partial charge in [0.05, 0.1) is 6.04 Å². The van der Waals surface area contributed by atoms with E-state index in [1.54, 1.807) is 24.2 Å². The van der Waals surface area contributed by atoms with Gasteiger partial charge in [-0.05, 0) is 43.6 Å². The fourth-order valence-electron chi connectivity index (χ4n) is 3.70. The van der Waals surface area contributed by atoms with Gasteiger partial charge in [-0.25, -0.2) is 4.98 Å².